The summed E-state index contributed by atoms with van der Waals surface area (Å²) in [5.41, 5.74) is 4.44. The topological polar surface area (TPSA) is 24.1 Å². The summed E-state index contributed by atoms with van der Waals surface area (Å²) >= 11 is 5.28. The third-order valence-corrected chi connectivity index (χ3v) is 2.72. The third-order valence-electron chi connectivity index (χ3n) is 2.51. The lowest BCUT2D eigenvalue weighted by molar-refractivity contribution is 1.38. The van der Waals surface area contributed by atoms with E-state index in [1.54, 1.807) is 0 Å². The van der Waals surface area contributed by atoms with Gasteiger partial charge in [-0.05, 0) is 61.5 Å². The molecule has 0 aliphatic carbocycles. The van der Waals surface area contributed by atoms with Crippen molar-refractivity contribution in [2.24, 2.45) is 0 Å². The van der Waals surface area contributed by atoms with Crippen molar-refractivity contribution in [1.29, 1.82) is 0 Å². The predicted molar refractivity (Wildman–Crippen MR) is 82.2 cm³/mol. The average molecular weight is 256 g/mol. The molecule has 92 valence electrons. The zero-order chi connectivity index (χ0) is 13.0. The maximum Gasteiger partial charge on any atom is 0.175 e. The molecule has 0 atom stereocenters. The quantitative estimate of drug-likeness (QED) is 0.791. The SMILES string of the molecule is Cc1cc(C)cc(NC(=S)Nc2ccccc2)c1. The molecule has 2 aromatic carbocycles. The van der Waals surface area contributed by atoms with Crippen LogP contribution in [0.1, 0.15) is 11.1 Å². The van der Waals surface area contributed by atoms with Crippen LogP contribution in [-0.4, -0.2) is 5.11 Å². The lowest BCUT2D eigenvalue weighted by atomic mass is 10.1. The molecule has 2 aromatic rings. The minimum absolute atomic E-state index is 0.603. The van der Waals surface area contributed by atoms with Crippen LogP contribution >= 0.6 is 12.2 Å². The first-order valence-electron chi connectivity index (χ1n) is 5.85. The van der Waals surface area contributed by atoms with E-state index >= 15 is 0 Å². The van der Waals surface area contributed by atoms with E-state index in [1.807, 2.05) is 30.3 Å². The molecule has 0 aliphatic heterocycles. The van der Waals surface area contributed by atoms with Gasteiger partial charge in [-0.3, -0.25) is 0 Å². The van der Waals surface area contributed by atoms with Gasteiger partial charge in [0.2, 0.25) is 0 Å². The highest BCUT2D eigenvalue weighted by Crippen LogP contribution is 2.14. The van der Waals surface area contributed by atoms with Gasteiger partial charge in [0.1, 0.15) is 0 Å². The van der Waals surface area contributed by atoms with Crippen molar-refractivity contribution in [3.63, 3.8) is 0 Å². The van der Waals surface area contributed by atoms with Gasteiger partial charge in [-0.15, -0.1) is 0 Å². The highest BCUT2D eigenvalue weighted by Gasteiger charge is 1.99. The van der Waals surface area contributed by atoms with Crippen LogP contribution in [0, 0.1) is 13.8 Å². The summed E-state index contributed by atoms with van der Waals surface area (Å²) < 4.78 is 0. The Morgan fingerprint density at radius 1 is 0.833 bits per heavy atom. The van der Waals surface area contributed by atoms with E-state index in [9.17, 15) is 0 Å². The Morgan fingerprint density at radius 3 is 2.00 bits per heavy atom. The van der Waals surface area contributed by atoms with Gasteiger partial charge in [-0.2, -0.15) is 0 Å². The Labute approximate surface area is 113 Å². The second kappa shape index (κ2) is 5.65. The second-order valence-corrected chi connectivity index (χ2v) is 4.73. The molecule has 0 bridgehead atoms. The Hall–Kier alpha value is -1.87. The van der Waals surface area contributed by atoms with Crippen LogP contribution in [0.5, 0.6) is 0 Å². The molecule has 0 saturated heterocycles. The molecule has 18 heavy (non-hydrogen) atoms. The first kappa shape index (κ1) is 12.6. The van der Waals surface area contributed by atoms with Gasteiger partial charge in [0.25, 0.3) is 0 Å². The van der Waals surface area contributed by atoms with E-state index in [4.69, 9.17) is 12.2 Å². The first-order valence-corrected chi connectivity index (χ1v) is 6.26. The number of aryl methyl sites for hydroxylation is 2. The van der Waals surface area contributed by atoms with Gasteiger partial charge in [0, 0.05) is 11.4 Å². The number of hydrogen-bond acceptors (Lipinski definition) is 1. The van der Waals surface area contributed by atoms with Gasteiger partial charge >= 0.3 is 0 Å². The molecule has 0 heterocycles. The zero-order valence-electron chi connectivity index (χ0n) is 10.5. The molecule has 0 fully saturated rings. The van der Waals surface area contributed by atoms with Crippen LogP contribution in [0.2, 0.25) is 0 Å². The van der Waals surface area contributed by atoms with Crippen LogP contribution in [0.4, 0.5) is 11.4 Å². The number of anilines is 2. The van der Waals surface area contributed by atoms with Crippen molar-refractivity contribution in [2.75, 3.05) is 10.6 Å². The molecule has 3 heteroatoms. The van der Waals surface area contributed by atoms with Gasteiger partial charge in [0.15, 0.2) is 5.11 Å². The molecule has 0 spiro atoms. The first-order chi connectivity index (χ1) is 8.63. The fourth-order valence-corrected chi connectivity index (χ4v) is 2.10. The molecule has 0 radical (unpaired) electrons. The van der Waals surface area contributed by atoms with Crippen molar-refractivity contribution in [3.05, 3.63) is 59.7 Å². The third kappa shape index (κ3) is 3.57. The predicted octanol–water partition coefficient (Wildman–Crippen LogP) is 4.11. The number of nitrogens with one attached hydrogen (secondary N) is 2. The van der Waals surface area contributed by atoms with Gasteiger partial charge in [-0.25, -0.2) is 0 Å². The van der Waals surface area contributed by atoms with E-state index in [2.05, 4.69) is 42.7 Å². The van der Waals surface area contributed by atoms with Crippen LogP contribution in [0.25, 0.3) is 0 Å². The van der Waals surface area contributed by atoms with Crippen LogP contribution in [0.15, 0.2) is 48.5 Å². The van der Waals surface area contributed by atoms with Crippen molar-refractivity contribution < 1.29 is 0 Å². The van der Waals surface area contributed by atoms with Gasteiger partial charge < -0.3 is 10.6 Å². The van der Waals surface area contributed by atoms with Crippen molar-refractivity contribution in [1.82, 2.24) is 0 Å². The number of hydrogen-bond donors (Lipinski definition) is 2. The summed E-state index contributed by atoms with van der Waals surface area (Å²) in [4.78, 5) is 0. The van der Waals surface area contributed by atoms with E-state index in [1.165, 1.54) is 11.1 Å². The standard InChI is InChI=1S/C15H16N2S/c1-11-8-12(2)10-14(9-11)17-15(18)16-13-6-4-3-5-7-13/h3-10H,1-2H3,(H2,16,17,18). The minimum Gasteiger partial charge on any atom is -0.332 e. The van der Waals surface area contributed by atoms with Crippen LogP contribution in [-0.2, 0) is 0 Å². The number of benzene rings is 2. The van der Waals surface area contributed by atoms with Crippen molar-refractivity contribution in [3.8, 4) is 0 Å². The molecule has 0 unspecified atom stereocenters. The van der Waals surface area contributed by atoms with E-state index < -0.39 is 0 Å². The second-order valence-electron chi connectivity index (χ2n) is 4.32. The molecule has 2 nitrogen and oxygen atoms in total. The average Bonchev–Trinajstić information content (AvgIpc) is 2.28. The molecular weight excluding hydrogens is 240 g/mol. The Morgan fingerprint density at radius 2 is 1.39 bits per heavy atom. The number of para-hydroxylation sites is 1. The highest BCUT2D eigenvalue weighted by atomic mass is 32.1. The normalized spacial score (nSPS) is 9.89. The molecule has 0 saturated carbocycles. The summed E-state index contributed by atoms with van der Waals surface area (Å²) in [5.74, 6) is 0. The number of rotatable bonds is 2. The monoisotopic (exact) mass is 256 g/mol. The van der Waals surface area contributed by atoms with E-state index in [0.29, 0.717) is 5.11 Å². The Bertz CT molecular complexity index is 529. The summed E-state index contributed by atoms with van der Waals surface area (Å²) in [6.45, 7) is 4.15. The highest BCUT2D eigenvalue weighted by molar-refractivity contribution is 7.80. The summed E-state index contributed by atoms with van der Waals surface area (Å²) in [6, 6.07) is 16.2. The van der Waals surface area contributed by atoms with Crippen molar-refractivity contribution >= 4 is 28.7 Å². The number of thiocarbonyl (C=S) groups is 1. The van der Waals surface area contributed by atoms with E-state index in [-0.39, 0.29) is 0 Å². The molecule has 0 aromatic heterocycles. The zero-order valence-corrected chi connectivity index (χ0v) is 11.3. The molecule has 0 amide bonds. The fraction of sp³-hybridized carbons (Fsp3) is 0.133. The summed E-state index contributed by atoms with van der Waals surface area (Å²) in [5, 5.41) is 6.94. The Balaban J connectivity index is 2.03. The van der Waals surface area contributed by atoms with Crippen LogP contribution in [0.3, 0.4) is 0 Å². The molecule has 0 aliphatic rings. The lowest BCUT2D eigenvalue weighted by Crippen LogP contribution is -2.19. The van der Waals surface area contributed by atoms with Gasteiger partial charge in [-0.1, -0.05) is 24.3 Å². The summed E-state index contributed by atoms with van der Waals surface area (Å²) in [7, 11) is 0. The minimum atomic E-state index is 0.603. The molecule has 2 rings (SSSR count). The largest absolute Gasteiger partial charge is 0.332 e. The van der Waals surface area contributed by atoms with Crippen LogP contribution < -0.4 is 10.6 Å². The summed E-state index contributed by atoms with van der Waals surface area (Å²) in [6.07, 6.45) is 0. The fourth-order valence-electron chi connectivity index (χ4n) is 1.86. The molecular formula is C15H16N2S. The lowest BCUT2D eigenvalue weighted by Gasteiger charge is -2.11. The van der Waals surface area contributed by atoms with E-state index in [0.717, 1.165) is 11.4 Å². The smallest absolute Gasteiger partial charge is 0.175 e. The Kier molecular flexibility index (Phi) is 3.95. The van der Waals surface area contributed by atoms with Crippen molar-refractivity contribution in [2.45, 2.75) is 13.8 Å². The maximum absolute atomic E-state index is 5.28. The van der Waals surface area contributed by atoms with Gasteiger partial charge in [0.05, 0.1) is 0 Å². The maximum atomic E-state index is 5.28. The molecule has 2 N–H and O–H groups in total.